The summed E-state index contributed by atoms with van der Waals surface area (Å²) < 4.78 is 12.6. The van der Waals surface area contributed by atoms with E-state index in [1.54, 1.807) is 24.3 Å². The summed E-state index contributed by atoms with van der Waals surface area (Å²) in [6.07, 6.45) is 3.03. The zero-order chi connectivity index (χ0) is 11.5. The average Bonchev–Trinajstić information content (AvgIpc) is 2.15. The molecule has 0 aromatic heterocycles. The third-order valence-corrected chi connectivity index (χ3v) is 2.23. The topological polar surface area (TPSA) is 20.2 Å². The highest BCUT2D eigenvalue weighted by molar-refractivity contribution is 5.49. The lowest BCUT2D eigenvalue weighted by molar-refractivity contribution is 0.106. The van der Waals surface area contributed by atoms with E-state index in [1.807, 2.05) is 20.8 Å². The number of aliphatic hydroxyl groups is 1. The Hall–Kier alpha value is -1.15. The van der Waals surface area contributed by atoms with Gasteiger partial charge < -0.3 is 5.11 Å². The summed E-state index contributed by atoms with van der Waals surface area (Å²) in [5.41, 5.74) is 0.719. The van der Waals surface area contributed by atoms with Gasteiger partial charge >= 0.3 is 0 Å². The molecule has 0 aliphatic heterocycles. The lowest BCUT2D eigenvalue weighted by Gasteiger charge is -2.22. The molecule has 1 aromatic rings. The van der Waals surface area contributed by atoms with Gasteiger partial charge in [-0.25, -0.2) is 4.39 Å². The van der Waals surface area contributed by atoms with Crippen LogP contribution < -0.4 is 0 Å². The summed E-state index contributed by atoms with van der Waals surface area (Å²) in [6, 6.07) is 6.18. The first-order valence-corrected chi connectivity index (χ1v) is 5.01. The first-order valence-electron chi connectivity index (χ1n) is 5.01. The van der Waals surface area contributed by atoms with Crippen molar-refractivity contribution in [1.29, 1.82) is 0 Å². The average molecular weight is 208 g/mol. The zero-order valence-corrected chi connectivity index (χ0v) is 9.37. The van der Waals surface area contributed by atoms with E-state index < -0.39 is 6.10 Å². The molecule has 0 saturated carbocycles. The minimum Gasteiger partial charge on any atom is -0.388 e. The van der Waals surface area contributed by atoms with Crippen molar-refractivity contribution in [3.05, 3.63) is 41.7 Å². The molecular formula is C13H17FO. The summed E-state index contributed by atoms with van der Waals surface area (Å²) in [5.74, 6) is -0.247. The molecule has 1 aromatic carbocycles. The Morgan fingerprint density at radius 1 is 1.20 bits per heavy atom. The number of rotatable bonds is 2. The third kappa shape index (κ3) is 3.84. The predicted molar refractivity (Wildman–Crippen MR) is 60.9 cm³/mol. The van der Waals surface area contributed by atoms with Crippen LogP contribution in [-0.4, -0.2) is 11.2 Å². The molecule has 82 valence electrons. The molecule has 0 saturated heterocycles. The molecular weight excluding hydrogens is 191 g/mol. The van der Waals surface area contributed by atoms with E-state index in [1.165, 1.54) is 12.1 Å². The molecule has 2 heteroatoms. The Labute approximate surface area is 90.3 Å². The van der Waals surface area contributed by atoms with Crippen molar-refractivity contribution in [1.82, 2.24) is 0 Å². The largest absolute Gasteiger partial charge is 0.388 e. The second-order valence-electron chi connectivity index (χ2n) is 4.72. The Bertz CT molecular complexity index is 333. The van der Waals surface area contributed by atoms with Crippen LogP contribution in [0.25, 0.3) is 6.08 Å². The minimum absolute atomic E-state index is 0.170. The number of hydrogen-bond acceptors (Lipinski definition) is 1. The van der Waals surface area contributed by atoms with Crippen molar-refractivity contribution in [2.24, 2.45) is 5.41 Å². The zero-order valence-electron chi connectivity index (χ0n) is 9.37. The Kier molecular flexibility index (Phi) is 3.64. The fourth-order valence-electron chi connectivity index (χ4n) is 1.06. The van der Waals surface area contributed by atoms with Gasteiger partial charge in [-0.2, -0.15) is 0 Å². The third-order valence-electron chi connectivity index (χ3n) is 2.23. The SMILES string of the molecule is CC(C)(C)C(O)/C=C/c1ccc(F)cc1. The van der Waals surface area contributed by atoms with Crippen molar-refractivity contribution < 1.29 is 9.50 Å². The van der Waals surface area contributed by atoms with E-state index >= 15 is 0 Å². The number of benzene rings is 1. The molecule has 1 atom stereocenters. The van der Waals surface area contributed by atoms with Gasteiger partial charge in [-0.05, 0) is 23.1 Å². The summed E-state index contributed by atoms with van der Waals surface area (Å²) in [7, 11) is 0. The van der Waals surface area contributed by atoms with Crippen molar-refractivity contribution >= 4 is 6.08 Å². The Morgan fingerprint density at radius 2 is 1.73 bits per heavy atom. The molecule has 0 radical (unpaired) electrons. The van der Waals surface area contributed by atoms with E-state index in [-0.39, 0.29) is 11.2 Å². The molecule has 1 N–H and O–H groups in total. The van der Waals surface area contributed by atoms with Gasteiger partial charge in [0.1, 0.15) is 5.82 Å². The predicted octanol–water partition coefficient (Wildman–Crippen LogP) is 3.25. The first-order chi connectivity index (χ1) is 6.89. The monoisotopic (exact) mass is 208 g/mol. The van der Waals surface area contributed by atoms with Crippen LogP contribution in [0.4, 0.5) is 4.39 Å². The Balaban J connectivity index is 2.70. The Morgan fingerprint density at radius 3 is 2.20 bits per heavy atom. The summed E-state index contributed by atoms with van der Waals surface area (Å²) in [5, 5.41) is 9.74. The maximum Gasteiger partial charge on any atom is 0.123 e. The van der Waals surface area contributed by atoms with Gasteiger partial charge in [0.25, 0.3) is 0 Å². The van der Waals surface area contributed by atoms with Crippen LogP contribution in [0.15, 0.2) is 30.3 Å². The van der Waals surface area contributed by atoms with Crippen LogP contribution in [0, 0.1) is 11.2 Å². The van der Waals surface area contributed by atoms with E-state index in [4.69, 9.17) is 0 Å². The van der Waals surface area contributed by atoms with Crippen LogP contribution in [0.5, 0.6) is 0 Å². The molecule has 0 amide bonds. The molecule has 0 heterocycles. The molecule has 0 spiro atoms. The lowest BCUT2D eigenvalue weighted by Crippen LogP contribution is -2.23. The van der Waals surface area contributed by atoms with Gasteiger partial charge in [0, 0.05) is 0 Å². The second-order valence-corrected chi connectivity index (χ2v) is 4.72. The van der Waals surface area contributed by atoms with Crippen LogP contribution in [0.3, 0.4) is 0 Å². The molecule has 15 heavy (non-hydrogen) atoms. The van der Waals surface area contributed by atoms with E-state index in [0.717, 1.165) is 5.56 Å². The molecule has 1 rings (SSSR count). The molecule has 1 nitrogen and oxygen atoms in total. The van der Waals surface area contributed by atoms with Crippen LogP contribution in [0.2, 0.25) is 0 Å². The van der Waals surface area contributed by atoms with Gasteiger partial charge in [-0.3, -0.25) is 0 Å². The van der Waals surface area contributed by atoms with Gasteiger partial charge in [0.15, 0.2) is 0 Å². The second kappa shape index (κ2) is 4.58. The van der Waals surface area contributed by atoms with Crippen molar-refractivity contribution in [2.45, 2.75) is 26.9 Å². The van der Waals surface area contributed by atoms with Gasteiger partial charge in [-0.15, -0.1) is 0 Å². The number of hydrogen-bond donors (Lipinski definition) is 1. The summed E-state index contributed by atoms with van der Waals surface area (Å²) >= 11 is 0. The van der Waals surface area contributed by atoms with Gasteiger partial charge in [0.05, 0.1) is 6.10 Å². The first kappa shape index (κ1) is 11.9. The van der Waals surface area contributed by atoms with Crippen molar-refractivity contribution in [2.75, 3.05) is 0 Å². The van der Waals surface area contributed by atoms with Crippen LogP contribution in [-0.2, 0) is 0 Å². The maximum absolute atomic E-state index is 12.6. The standard InChI is InChI=1S/C13H17FO/c1-13(2,3)12(15)9-6-10-4-7-11(14)8-5-10/h4-9,12,15H,1-3H3/b9-6+. The quantitative estimate of drug-likeness (QED) is 0.791. The van der Waals surface area contributed by atoms with Gasteiger partial charge in [-0.1, -0.05) is 45.1 Å². The molecule has 1 unspecified atom stereocenters. The number of aliphatic hydroxyl groups excluding tert-OH is 1. The normalized spacial score (nSPS) is 14.5. The van der Waals surface area contributed by atoms with Crippen molar-refractivity contribution in [3.8, 4) is 0 Å². The smallest absolute Gasteiger partial charge is 0.123 e. The highest BCUT2D eigenvalue weighted by Gasteiger charge is 2.18. The van der Waals surface area contributed by atoms with Crippen LogP contribution in [0.1, 0.15) is 26.3 Å². The minimum atomic E-state index is -0.498. The fraction of sp³-hybridized carbons (Fsp3) is 0.385. The molecule has 0 fully saturated rings. The maximum atomic E-state index is 12.6. The fourth-order valence-corrected chi connectivity index (χ4v) is 1.06. The van der Waals surface area contributed by atoms with E-state index in [0.29, 0.717) is 0 Å². The van der Waals surface area contributed by atoms with Crippen LogP contribution >= 0.6 is 0 Å². The number of halogens is 1. The molecule has 0 bridgehead atoms. The van der Waals surface area contributed by atoms with Gasteiger partial charge in [0.2, 0.25) is 0 Å². The lowest BCUT2D eigenvalue weighted by atomic mass is 9.89. The summed E-state index contributed by atoms with van der Waals surface area (Å²) in [4.78, 5) is 0. The highest BCUT2D eigenvalue weighted by atomic mass is 19.1. The highest BCUT2D eigenvalue weighted by Crippen LogP contribution is 2.20. The van der Waals surface area contributed by atoms with E-state index in [9.17, 15) is 9.50 Å². The van der Waals surface area contributed by atoms with Crippen molar-refractivity contribution in [3.63, 3.8) is 0 Å². The summed E-state index contributed by atoms with van der Waals surface area (Å²) in [6.45, 7) is 5.89. The molecule has 0 aliphatic carbocycles. The molecule has 0 aliphatic rings. The van der Waals surface area contributed by atoms with E-state index in [2.05, 4.69) is 0 Å².